The Kier molecular flexibility index (Phi) is 5.21. The van der Waals surface area contributed by atoms with Crippen molar-refractivity contribution < 1.29 is 17.5 Å². The molecule has 1 N–H and O–H groups in total. The second-order valence-electron chi connectivity index (χ2n) is 7.64. The standard InChI is InChI=1S/C20H21FN8O3S/c1-13-18(12-27(2)24-13)33(30,31)26-14-3-4-16(21)15(9-14)17-11-29-20(23-17)22-10-19(25-29)28-5-7-32-8-6-28/h3-4,9-12,26H,5-8H2,1-2H3. The van der Waals surface area contributed by atoms with Gasteiger partial charge in [-0.1, -0.05) is 0 Å². The smallest absolute Gasteiger partial charge is 0.265 e. The molecular weight excluding hydrogens is 451 g/mol. The maximum Gasteiger partial charge on any atom is 0.265 e. The molecule has 0 amide bonds. The number of aromatic nitrogens is 6. The molecule has 0 spiro atoms. The number of rotatable bonds is 5. The minimum absolute atomic E-state index is 0.0487. The van der Waals surface area contributed by atoms with Crippen molar-refractivity contribution >= 4 is 27.3 Å². The zero-order chi connectivity index (χ0) is 23.2. The van der Waals surface area contributed by atoms with Crippen LogP contribution in [-0.4, -0.2) is 64.1 Å². The maximum atomic E-state index is 14.7. The number of fused-ring (bicyclic) bond motifs is 1. The SMILES string of the molecule is Cc1nn(C)cc1S(=O)(=O)Nc1ccc(F)c(-c2cn3nc(N4CCOCC4)cnc3n2)c1. The summed E-state index contributed by atoms with van der Waals surface area (Å²) in [7, 11) is -2.26. The second-order valence-corrected chi connectivity index (χ2v) is 9.29. The van der Waals surface area contributed by atoms with Crippen LogP contribution in [0.1, 0.15) is 5.69 Å². The van der Waals surface area contributed by atoms with Gasteiger partial charge in [0.25, 0.3) is 15.8 Å². The Bertz CT molecular complexity index is 1440. The number of aryl methyl sites for hydroxylation is 2. The predicted octanol–water partition coefficient (Wildman–Crippen LogP) is 1.61. The van der Waals surface area contributed by atoms with Crippen LogP contribution < -0.4 is 9.62 Å². The highest BCUT2D eigenvalue weighted by Crippen LogP contribution is 2.27. The van der Waals surface area contributed by atoms with E-state index < -0.39 is 15.8 Å². The molecular formula is C20H21FN8O3S. The lowest BCUT2D eigenvalue weighted by Gasteiger charge is -2.27. The first-order valence-corrected chi connectivity index (χ1v) is 11.7. The average molecular weight is 473 g/mol. The minimum atomic E-state index is -3.90. The van der Waals surface area contributed by atoms with Crippen molar-refractivity contribution in [3.05, 3.63) is 48.3 Å². The summed E-state index contributed by atoms with van der Waals surface area (Å²) in [5.41, 5.74) is 0.964. The third kappa shape index (κ3) is 4.12. The number of ether oxygens (including phenoxy) is 1. The van der Waals surface area contributed by atoms with Gasteiger partial charge in [0.15, 0.2) is 5.82 Å². The molecule has 5 rings (SSSR count). The third-order valence-electron chi connectivity index (χ3n) is 5.26. The summed E-state index contributed by atoms with van der Waals surface area (Å²) in [4.78, 5) is 10.8. The maximum absolute atomic E-state index is 14.7. The fourth-order valence-electron chi connectivity index (χ4n) is 3.68. The lowest BCUT2D eigenvalue weighted by Crippen LogP contribution is -2.37. The number of nitrogens with one attached hydrogen (secondary N) is 1. The van der Waals surface area contributed by atoms with E-state index in [4.69, 9.17) is 4.74 Å². The van der Waals surface area contributed by atoms with Crippen LogP contribution >= 0.6 is 0 Å². The van der Waals surface area contributed by atoms with Crippen LogP contribution in [0.2, 0.25) is 0 Å². The van der Waals surface area contributed by atoms with E-state index in [9.17, 15) is 12.8 Å². The number of benzene rings is 1. The molecule has 4 heterocycles. The Balaban J connectivity index is 1.47. The van der Waals surface area contributed by atoms with Crippen molar-refractivity contribution in [2.24, 2.45) is 7.05 Å². The topological polar surface area (TPSA) is 120 Å². The Hall–Kier alpha value is -3.58. The van der Waals surface area contributed by atoms with Gasteiger partial charge in [-0.2, -0.15) is 5.10 Å². The molecule has 13 heteroatoms. The van der Waals surface area contributed by atoms with Gasteiger partial charge in [0.2, 0.25) is 0 Å². The van der Waals surface area contributed by atoms with E-state index in [1.54, 1.807) is 26.4 Å². The van der Waals surface area contributed by atoms with Gasteiger partial charge in [0.05, 0.1) is 37.0 Å². The zero-order valence-corrected chi connectivity index (χ0v) is 18.8. The quantitative estimate of drug-likeness (QED) is 0.465. The molecule has 1 aliphatic heterocycles. The van der Waals surface area contributed by atoms with Crippen LogP contribution in [-0.2, 0) is 21.8 Å². The summed E-state index contributed by atoms with van der Waals surface area (Å²) in [5, 5.41) is 8.59. The monoisotopic (exact) mass is 472 g/mol. The van der Waals surface area contributed by atoms with E-state index in [-0.39, 0.29) is 21.8 Å². The average Bonchev–Trinajstić information content (AvgIpc) is 3.37. The Morgan fingerprint density at radius 1 is 1.15 bits per heavy atom. The van der Waals surface area contributed by atoms with E-state index in [0.717, 1.165) is 0 Å². The van der Waals surface area contributed by atoms with E-state index in [2.05, 4.69) is 24.9 Å². The summed E-state index contributed by atoms with van der Waals surface area (Å²) in [6.45, 7) is 4.24. The number of halogens is 1. The van der Waals surface area contributed by atoms with Crippen molar-refractivity contribution in [1.82, 2.24) is 29.4 Å². The van der Waals surface area contributed by atoms with Gasteiger partial charge >= 0.3 is 0 Å². The Morgan fingerprint density at radius 3 is 2.67 bits per heavy atom. The second kappa shape index (κ2) is 8.08. The minimum Gasteiger partial charge on any atom is -0.378 e. The molecule has 0 saturated carbocycles. The number of anilines is 2. The molecule has 1 fully saturated rings. The van der Waals surface area contributed by atoms with Crippen LogP contribution in [0.4, 0.5) is 15.9 Å². The van der Waals surface area contributed by atoms with E-state index in [1.165, 1.54) is 33.6 Å². The zero-order valence-electron chi connectivity index (χ0n) is 17.9. The lowest BCUT2D eigenvalue weighted by molar-refractivity contribution is 0.122. The number of imidazole rings is 1. The summed E-state index contributed by atoms with van der Waals surface area (Å²) in [6, 6.07) is 3.93. The van der Waals surface area contributed by atoms with Crippen LogP contribution in [0, 0.1) is 12.7 Å². The van der Waals surface area contributed by atoms with Gasteiger partial charge in [-0.05, 0) is 25.1 Å². The van der Waals surface area contributed by atoms with Crippen molar-refractivity contribution in [2.45, 2.75) is 11.8 Å². The summed E-state index contributed by atoms with van der Waals surface area (Å²) in [6.07, 6.45) is 4.59. The van der Waals surface area contributed by atoms with Crippen LogP contribution in [0.3, 0.4) is 0 Å². The first-order chi connectivity index (χ1) is 15.8. The molecule has 11 nitrogen and oxygen atoms in total. The van der Waals surface area contributed by atoms with Crippen molar-refractivity contribution in [3.63, 3.8) is 0 Å². The van der Waals surface area contributed by atoms with E-state index in [1.807, 2.05) is 4.90 Å². The molecule has 1 saturated heterocycles. The molecule has 0 atom stereocenters. The highest BCUT2D eigenvalue weighted by atomic mass is 32.2. The van der Waals surface area contributed by atoms with Crippen LogP contribution in [0.15, 0.2) is 41.7 Å². The third-order valence-corrected chi connectivity index (χ3v) is 6.75. The molecule has 0 bridgehead atoms. The summed E-state index contributed by atoms with van der Waals surface area (Å²) in [5.74, 6) is 0.425. The molecule has 1 aromatic carbocycles. The highest BCUT2D eigenvalue weighted by Gasteiger charge is 2.21. The highest BCUT2D eigenvalue weighted by molar-refractivity contribution is 7.92. The predicted molar refractivity (Wildman–Crippen MR) is 118 cm³/mol. The largest absolute Gasteiger partial charge is 0.378 e. The fraction of sp³-hybridized carbons (Fsp3) is 0.300. The van der Waals surface area contributed by atoms with Gasteiger partial charge in [0, 0.05) is 37.6 Å². The first kappa shape index (κ1) is 21.3. The normalized spacial score (nSPS) is 14.7. The first-order valence-electron chi connectivity index (χ1n) is 10.2. The number of sulfonamides is 1. The molecule has 33 heavy (non-hydrogen) atoms. The summed E-state index contributed by atoms with van der Waals surface area (Å²) >= 11 is 0. The van der Waals surface area contributed by atoms with Crippen molar-refractivity contribution in [1.29, 1.82) is 0 Å². The number of hydrogen-bond donors (Lipinski definition) is 1. The molecule has 4 aromatic rings. The van der Waals surface area contributed by atoms with Crippen LogP contribution in [0.25, 0.3) is 17.0 Å². The van der Waals surface area contributed by atoms with E-state index >= 15 is 0 Å². The Labute approximate surface area is 188 Å². The molecule has 0 radical (unpaired) electrons. The molecule has 0 unspecified atom stereocenters. The van der Waals surface area contributed by atoms with Gasteiger partial charge in [-0.3, -0.25) is 9.40 Å². The molecule has 172 valence electrons. The van der Waals surface area contributed by atoms with Gasteiger partial charge in [0.1, 0.15) is 10.7 Å². The Morgan fingerprint density at radius 2 is 1.94 bits per heavy atom. The van der Waals surface area contributed by atoms with Crippen molar-refractivity contribution in [2.75, 3.05) is 35.9 Å². The van der Waals surface area contributed by atoms with Gasteiger partial charge in [-0.15, -0.1) is 5.10 Å². The van der Waals surface area contributed by atoms with E-state index in [0.29, 0.717) is 43.6 Å². The summed E-state index contributed by atoms with van der Waals surface area (Å²) < 4.78 is 51.0. The van der Waals surface area contributed by atoms with Gasteiger partial charge in [-0.25, -0.2) is 27.3 Å². The fourth-order valence-corrected chi connectivity index (χ4v) is 4.95. The van der Waals surface area contributed by atoms with Crippen LogP contribution in [0.5, 0.6) is 0 Å². The number of morpholine rings is 1. The van der Waals surface area contributed by atoms with Gasteiger partial charge < -0.3 is 9.64 Å². The number of hydrogen-bond acceptors (Lipinski definition) is 8. The van der Waals surface area contributed by atoms with Crippen molar-refractivity contribution in [3.8, 4) is 11.3 Å². The molecule has 0 aliphatic carbocycles. The molecule has 3 aromatic heterocycles. The lowest BCUT2D eigenvalue weighted by atomic mass is 10.1. The molecule has 1 aliphatic rings. The number of nitrogens with zero attached hydrogens (tertiary/aromatic N) is 7.